The Bertz CT molecular complexity index is 537. The third-order valence-electron chi connectivity index (χ3n) is 2.80. The van der Waals surface area contributed by atoms with Gasteiger partial charge < -0.3 is 14.5 Å². The second-order valence-electron chi connectivity index (χ2n) is 4.40. The summed E-state index contributed by atoms with van der Waals surface area (Å²) in [6, 6.07) is 7.62. The Morgan fingerprint density at radius 2 is 2.16 bits per heavy atom. The number of hydrogen-bond donors (Lipinski definition) is 1. The Morgan fingerprint density at radius 3 is 2.89 bits per heavy atom. The molecule has 0 aliphatic carbocycles. The van der Waals surface area contributed by atoms with E-state index in [9.17, 15) is 0 Å². The summed E-state index contributed by atoms with van der Waals surface area (Å²) in [6.07, 6.45) is 1.76. The molecule has 0 aliphatic heterocycles. The van der Waals surface area contributed by atoms with Crippen molar-refractivity contribution in [2.24, 2.45) is 0 Å². The number of halogens is 1. The average Bonchev–Trinajstić information content (AvgIpc) is 2.86. The number of hydrogen-bond acceptors (Lipinski definition) is 3. The molecule has 0 radical (unpaired) electrons. The molecule has 0 unspecified atom stereocenters. The largest absolute Gasteiger partial charge is 0.486 e. The van der Waals surface area contributed by atoms with Gasteiger partial charge in [-0.15, -0.1) is 0 Å². The van der Waals surface area contributed by atoms with Crippen LogP contribution in [0, 0.1) is 6.92 Å². The lowest BCUT2D eigenvalue weighted by atomic mass is 10.2. The third kappa shape index (κ3) is 4.01. The van der Waals surface area contributed by atoms with Crippen molar-refractivity contribution in [3.05, 3.63) is 52.4 Å². The molecule has 2 aromatic rings. The summed E-state index contributed by atoms with van der Waals surface area (Å²) in [5.41, 5.74) is 2.14. The summed E-state index contributed by atoms with van der Waals surface area (Å²) in [6.45, 7) is 6.22. The molecule has 19 heavy (non-hydrogen) atoms. The maximum Gasteiger partial charge on any atom is 0.146 e. The van der Waals surface area contributed by atoms with Crippen molar-refractivity contribution in [2.45, 2.75) is 27.0 Å². The van der Waals surface area contributed by atoms with Gasteiger partial charge in [0.2, 0.25) is 0 Å². The van der Waals surface area contributed by atoms with E-state index in [4.69, 9.17) is 20.8 Å². The highest BCUT2D eigenvalue weighted by atomic mass is 35.5. The van der Waals surface area contributed by atoms with Gasteiger partial charge in [0, 0.05) is 17.1 Å². The van der Waals surface area contributed by atoms with Crippen molar-refractivity contribution in [3.8, 4) is 5.75 Å². The van der Waals surface area contributed by atoms with Gasteiger partial charge in [-0.1, -0.05) is 18.5 Å². The van der Waals surface area contributed by atoms with Gasteiger partial charge in [-0.25, -0.2) is 0 Å². The number of ether oxygens (including phenoxy) is 1. The average molecular weight is 280 g/mol. The van der Waals surface area contributed by atoms with Crippen LogP contribution >= 0.6 is 11.6 Å². The molecule has 0 fully saturated rings. The van der Waals surface area contributed by atoms with Gasteiger partial charge in [-0.05, 0) is 43.3 Å². The monoisotopic (exact) mass is 279 g/mol. The van der Waals surface area contributed by atoms with Crippen LogP contribution in [0.25, 0.3) is 0 Å². The summed E-state index contributed by atoms with van der Waals surface area (Å²) in [7, 11) is 0. The van der Waals surface area contributed by atoms with Gasteiger partial charge in [-0.3, -0.25) is 0 Å². The van der Waals surface area contributed by atoms with E-state index >= 15 is 0 Å². The predicted molar refractivity (Wildman–Crippen MR) is 76.6 cm³/mol. The molecule has 0 amide bonds. The molecular formula is C15H18ClNO2. The number of rotatable bonds is 6. The first-order valence-corrected chi connectivity index (χ1v) is 6.72. The maximum atomic E-state index is 5.97. The zero-order valence-electron chi connectivity index (χ0n) is 11.2. The van der Waals surface area contributed by atoms with Crippen LogP contribution in [-0.4, -0.2) is 6.54 Å². The lowest BCUT2D eigenvalue weighted by Crippen LogP contribution is -2.10. The van der Waals surface area contributed by atoms with Crippen LogP contribution in [-0.2, 0) is 13.2 Å². The number of benzene rings is 1. The molecule has 1 heterocycles. The van der Waals surface area contributed by atoms with Crippen LogP contribution in [0.4, 0.5) is 0 Å². The fourth-order valence-corrected chi connectivity index (χ4v) is 1.84. The zero-order valence-corrected chi connectivity index (χ0v) is 12.0. The Labute approximate surface area is 118 Å². The van der Waals surface area contributed by atoms with E-state index in [0.29, 0.717) is 6.61 Å². The van der Waals surface area contributed by atoms with E-state index in [2.05, 4.69) is 12.2 Å². The summed E-state index contributed by atoms with van der Waals surface area (Å²) in [5, 5.41) is 4.00. The van der Waals surface area contributed by atoms with E-state index in [0.717, 1.165) is 40.7 Å². The minimum Gasteiger partial charge on any atom is -0.486 e. The maximum absolute atomic E-state index is 5.97. The smallest absolute Gasteiger partial charge is 0.146 e. The van der Waals surface area contributed by atoms with Gasteiger partial charge >= 0.3 is 0 Å². The normalized spacial score (nSPS) is 10.7. The first-order valence-electron chi connectivity index (χ1n) is 6.35. The van der Waals surface area contributed by atoms with Crippen molar-refractivity contribution in [1.29, 1.82) is 0 Å². The molecule has 3 nitrogen and oxygen atoms in total. The molecule has 0 aliphatic rings. The van der Waals surface area contributed by atoms with Crippen molar-refractivity contribution >= 4 is 11.6 Å². The topological polar surface area (TPSA) is 34.4 Å². The molecule has 2 rings (SSSR count). The second-order valence-corrected chi connectivity index (χ2v) is 4.81. The highest BCUT2D eigenvalue weighted by molar-refractivity contribution is 6.31. The van der Waals surface area contributed by atoms with Crippen LogP contribution in [0.5, 0.6) is 5.75 Å². The van der Waals surface area contributed by atoms with Gasteiger partial charge in [0.25, 0.3) is 0 Å². The molecule has 4 heteroatoms. The molecule has 0 spiro atoms. The van der Waals surface area contributed by atoms with Crippen molar-refractivity contribution < 1.29 is 9.15 Å². The van der Waals surface area contributed by atoms with Gasteiger partial charge in [0.1, 0.15) is 18.1 Å². The molecular weight excluding hydrogens is 262 g/mol. The van der Waals surface area contributed by atoms with Gasteiger partial charge in [0.15, 0.2) is 0 Å². The Hall–Kier alpha value is -1.45. The van der Waals surface area contributed by atoms with E-state index in [1.165, 1.54) is 0 Å². The zero-order chi connectivity index (χ0) is 13.7. The molecule has 102 valence electrons. The lowest BCUT2D eigenvalue weighted by molar-refractivity contribution is 0.270. The summed E-state index contributed by atoms with van der Waals surface area (Å²) in [4.78, 5) is 0. The first-order chi connectivity index (χ1) is 9.19. The van der Waals surface area contributed by atoms with Crippen molar-refractivity contribution in [2.75, 3.05) is 6.54 Å². The Morgan fingerprint density at radius 1 is 1.32 bits per heavy atom. The quantitative estimate of drug-likeness (QED) is 0.870. The van der Waals surface area contributed by atoms with E-state index in [-0.39, 0.29) is 0 Å². The fourth-order valence-electron chi connectivity index (χ4n) is 1.73. The molecule has 0 bridgehead atoms. The van der Waals surface area contributed by atoms with Crippen molar-refractivity contribution in [1.82, 2.24) is 5.32 Å². The fraction of sp³-hybridized carbons (Fsp3) is 0.333. The highest BCUT2D eigenvalue weighted by Gasteiger charge is 2.04. The van der Waals surface area contributed by atoms with Gasteiger partial charge in [0.05, 0.1) is 6.26 Å². The second kappa shape index (κ2) is 6.64. The predicted octanol–water partition coefficient (Wildman–Crippen LogP) is 3.93. The Kier molecular flexibility index (Phi) is 4.88. The Balaban J connectivity index is 1.91. The van der Waals surface area contributed by atoms with E-state index in [1.54, 1.807) is 6.26 Å². The van der Waals surface area contributed by atoms with Gasteiger partial charge in [-0.2, -0.15) is 0 Å². The highest BCUT2D eigenvalue weighted by Crippen LogP contribution is 2.22. The molecule has 0 atom stereocenters. The summed E-state index contributed by atoms with van der Waals surface area (Å²) in [5.74, 6) is 1.62. The number of aryl methyl sites for hydroxylation is 1. The minimum absolute atomic E-state index is 0.424. The minimum atomic E-state index is 0.424. The van der Waals surface area contributed by atoms with Crippen LogP contribution in [0.15, 0.2) is 34.9 Å². The molecule has 1 N–H and O–H groups in total. The van der Waals surface area contributed by atoms with Crippen LogP contribution in [0.2, 0.25) is 5.02 Å². The van der Waals surface area contributed by atoms with Crippen LogP contribution in [0.1, 0.15) is 23.8 Å². The summed E-state index contributed by atoms with van der Waals surface area (Å²) >= 11 is 5.97. The van der Waals surface area contributed by atoms with Crippen LogP contribution in [0.3, 0.4) is 0 Å². The molecule has 0 saturated heterocycles. The number of nitrogens with one attached hydrogen (secondary N) is 1. The molecule has 0 saturated carbocycles. The van der Waals surface area contributed by atoms with Crippen LogP contribution < -0.4 is 10.1 Å². The summed E-state index contributed by atoms with van der Waals surface area (Å²) < 4.78 is 11.1. The lowest BCUT2D eigenvalue weighted by Gasteiger charge is -2.05. The molecule has 1 aromatic carbocycles. The van der Waals surface area contributed by atoms with E-state index in [1.807, 2.05) is 31.2 Å². The van der Waals surface area contributed by atoms with Crippen molar-refractivity contribution in [3.63, 3.8) is 0 Å². The first kappa shape index (κ1) is 14.0. The number of furan rings is 1. The molecule has 1 aromatic heterocycles. The van der Waals surface area contributed by atoms with E-state index < -0.39 is 0 Å². The third-order valence-corrected chi connectivity index (χ3v) is 3.22. The SMILES string of the molecule is CCNCc1coc(COc2ccc(Cl)c(C)c2)c1. The standard InChI is InChI=1S/C15H18ClNO2/c1-3-17-8-12-7-14(18-9-12)10-19-13-4-5-15(16)11(2)6-13/h4-7,9,17H,3,8,10H2,1-2H3.